The highest BCUT2D eigenvalue weighted by Crippen LogP contribution is 2.54. The van der Waals surface area contributed by atoms with Crippen molar-refractivity contribution in [1.29, 1.82) is 0 Å². The predicted molar refractivity (Wildman–Crippen MR) is 124 cm³/mol. The van der Waals surface area contributed by atoms with Gasteiger partial charge in [-0.25, -0.2) is 0 Å². The molecule has 2 fully saturated rings. The van der Waals surface area contributed by atoms with Crippen molar-refractivity contribution in [2.45, 2.75) is 37.8 Å². The summed E-state index contributed by atoms with van der Waals surface area (Å²) in [5.41, 5.74) is 1.27. The fraction of sp³-hybridized carbons (Fsp3) is 0.360. The second-order valence-electron chi connectivity index (χ2n) is 9.18. The van der Waals surface area contributed by atoms with E-state index in [1.807, 2.05) is 37.3 Å². The van der Waals surface area contributed by atoms with Crippen LogP contribution >= 0.6 is 11.6 Å². The molecule has 0 unspecified atom stereocenters. The highest BCUT2D eigenvalue weighted by Gasteiger charge is 2.70. The van der Waals surface area contributed by atoms with Crippen LogP contribution in [0.2, 0.25) is 5.02 Å². The number of carbonyl (C=O) groups excluding carboxylic acids is 3. The highest BCUT2D eigenvalue weighted by atomic mass is 35.5. The van der Waals surface area contributed by atoms with Crippen molar-refractivity contribution in [1.82, 2.24) is 10.2 Å². The lowest BCUT2D eigenvalue weighted by Gasteiger charge is -2.29. The molecule has 0 radical (unpaired) electrons. The Labute approximate surface area is 201 Å². The van der Waals surface area contributed by atoms with Crippen LogP contribution in [0.25, 0.3) is 0 Å². The van der Waals surface area contributed by atoms with Crippen LogP contribution in [0.1, 0.15) is 29.5 Å². The van der Waals surface area contributed by atoms with Crippen molar-refractivity contribution >= 4 is 41.0 Å². The van der Waals surface area contributed by atoms with E-state index >= 15 is 0 Å². The Kier molecular flexibility index (Phi) is 5.45. The maximum Gasteiger partial charge on any atom is 0.303 e. The van der Waals surface area contributed by atoms with Crippen LogP contribution in [0.3, 0.4) is 0 Å². The minimum Gasteiger partial charge on any atom is -0.481 e. The maximum atomic E-state index is 13.7. The van der Waals surface area contributed by atoms with Gasteiger partial charge in [0.1, 0.15) is 5.54 Å². The van der Waals surface area contributed by atoms with Gasteiger partial charge in [-0.15, -0.1) is 0 Å². The molecule has 9 heteroatoms. The molecule has 0 saturated carbocycles. The van der Waals surface area contributed by atoms with E-state index in [1.165, 1.54) is 4.90 Å². The molecular weight excluding hydrogens is 458 g/mol. The summed E-state index contributed by atoms with van der Waals surface area (Å²) in [6.45, 7) is 2.03. The minimum atomic E-state index is -1.48. The van der Waals surface area contributed by atoms with E-state index in [2.05, 4.69) is 10.6 Å². The maximum absolute atomic E-state index is 13.7. The lowest BCUT2D eigenvalue weighted by Crippen LogP contribution is -2.53. The summed E-state index contributed by atoms with van der Waals surface area (Å²) in [5.74, 6) is -4.06. The molecule has 34 heavy (non-hydrogen) atoms. The van der Waals surface area contributed by atoms with Gasteiger partial charge < -0.3 is 10.4 Å². The van der Waals surface area contributed by atoms with E-state index in [-0.39, 0.29) is 25.3 Å². The van der Waals surface area contributed by atoms with Crippen molar-refractivity contribution in [3.8, 4) is 0 Å². The van der Waals surface area contributed by atoms with Crippen LogP contribution < -0.4 is 10.6 Å². The van der Waals surface area contributed by atoms with Gasteiger partial charge in [-0.1, -0.05) is 48.0 Å². The van der Waals surface area contributed by atoms with E-state index in [9.17, 15) is 24.3 Å². The summed E-state index contributed by atoms with van der Waals surface area (Å²) in [7, 11) is 0. The lowest BCUT2D eigenvalue weighted by molar-refractivity contribution is -0.143. The van der Waals surface area contributed by atoms with Crippen molar-refractivity contribution in [3.05, 3.63) is 64.2 Å². The number of nitrogens with zero attached hydrogens (tertiary/aromatic N) is 1. The first-order chi connectivity index (χ1) is 16.2. The number of imide groups is 1. The molecule has 1 spiro atoms. The van der Waals surface area contributed by atoms with E-state index in [0.29, 0.717) is 22.7 Å². The first-order valence-electron chi connectivity index (χ1n) is 11.2. The van der Waals surface area contributed by atoms with E-state index in [1.54, 1.807) is 12.1 Å². The number of nitrogens with one attached hydrogen (secondary N) is 2. The van der Waals surface area contributed by atoms with Gasteiger partial charge >= 0.3 is 5.97 Å². The Hall–Kier alpha value is -3.23. The van der Waals surface area contributed by atoms with Crippen molar-refractivity contribution in [2.24, 2.45) is 11.8 Å². The number of hydrogen-bond acceptors (Lipinski definition) is 5. The first-order valence-corrected chi connectivity index (χ1v) is 11.6. The van der Waals surface area contributed by atoms with Crippen LogP contribution in [0.4, 0.5) is 5.69 Å². The largest absolute Gasteiger partial charge is 0.481 e. The third kappa shape index (κ3) is 3.32. The number of amides is 3. The molecule has 176 valence electrons. The molecule has 2 aromatic carbocycles. The summed E-state index contributed by atoms with van der Waals surface area (Å²) < 4.78 is 0. The van der Waals surface area contributed by atoms with Crippen LogP contribution in [-0.2, 0) is 31.1 Å². The number of halogens is 1. The predicted octanol–water partition coefficient (Wildman–Crippen LogP) is 2.48. The summed E-state index contributed by atoms with van der Waals surface area (Å²) in [6.07, 6.45) is 0.420. The van der Waals surface area contributed by atoms with Crippen molar-refractivity contribution < 1.29 is 24.3 Å². The van der Waals surface area contributed by atoms with Crippen LogP contribution in [0, 0.1) is 18.8 Å². The second kappa shape index (κ2) is 8.21. The standard InChI is InChI=1S/C25H24ClN3O5/c1-13-11-15-21(16(26)12-13)27-24(34)25(15)20-19(17(28-25)7-8-18(30)31)22(32)29(23(20)33)10-9-14-5-3-2-4-6-14/h2-6,11-12,17,19-20,28H,7-10H2,1H3,(H,27,34)(H,30,31)/t17-,19-,20+,25-/m1/s1. The average Bonchev–Trinajstić information content (AvgIpc) is 3.37. The van der Waals surface area contributed by atoms with Gasteiger partial charge in [0.25, 0.3) is 0 Å². The van der Waals surface area contributed by atoms with Gasteiger partial charge in [0.05, 0.1) is 22.5 Å². The number of rotatable bonds is 6. The smallest absolute Gasteiger partial charge is 0.303 e. The van der Waals surface area contributed by atoms with Crippen LogP contribution in [-0.4, -0.2) is 46.3 Å². The van der Waals surface area contributed by atoms with Gasteiger partial charge in [0.2, 0.25) is 17.7 Å². The highest BCUT2D eigenvalue weighted by molar-refractivity contribution is 6.35. The summed E-state index contributed by atoms with van der Waals surface area (Å²) in [6, 6.07) is 12.4. The molecule has 5 rings (SSSR count). The Morgan fingerprint density at radius 2 is 1.88 bits per heavy atom. The second-order valence-corrected chi connectivity index (χ2v) is 9.59. The quantitative estimate of drug-likeness (QED) is 0.546. The molecule has 3 N–H and O–H groups in total. The molecule has 0 aliphatic carbocycles. The van der Waals surface area contributed by atoms with Gasteiger partial charge in [-0.2, -0.15) is 0 Å². The zero-order valence-corrected chi connectivity index (χ0v) is 19.3. The summed E-state index contributed by atoms with van der Waals surface area (Å²) in [4.78, 5) is 53.2. The van der Waals surface area contributed by atoms with E-state index in [0.717, 1.165) is 11.1 Å². The molecule has 0 bridgehead atoms. The van der Waals surface area contributed by atoms with Crippen molar-refractivity contribution in [2.75, 3.05) is 11.9 Å². The summed E-state index contributed by atoms with van der Waals surface area (Å²) >= 11 is 6.41. The number of aliphatic carboxylic acids is 1. The number of benzene rings is 2. The topological polar surface area (TPSA) is 116 Å². The van der Waals surface area contributed by atoms with E-state index < -0.39 is 41.2 Å². The number of fused-ring (bicyclic) bond motifs is 4. The number of carboxylic acid groups (broad SMARTS) is 1. The molecule has 8 nitrogen and oxygen atoms in total. The van der Waals surface area contributed by atoms with Crippen molar-refractivity contribution in [3.63, 3.8) is 0 Å². The Morgan fingerprint density at radius 1 is 1.15 bits per heavy atom. The third-order valence-corrected chi connectivity index (χ3v) is 7.45. The normalized spacial score (nSPS) is 27.3. The first kappa shape index (κ1) is 22.6. The molecule has 2 aromatic rings. The number of anilines is 1. The van der Waals surface area contributed by atoms with E-state index in [4.69, 9.17) is 11.6 Å². The van der Waals surface area contributed by atoms with Crippen LogP contribution in [0.15, 0.2) is 42.5 Å². The average molecular weight is 482 g/mol. The molecule has 3 amide bonds. The number of hydrogen-bond donors (Lipinski definition) is 3. The van der Waals surface area contributed by atoms with Gasteiger partial charge in [0, 0.05) is 24.6 Å². The summed E-state index contributed by atoms with van der Waals surface area (Å²) in [5, 5.41) is 15.6. The van der Waals surface area contributed by atoms with Gasteiger partial charge in [-0.3, -0.25) is 29.4 Å². The fourth-order valence-electron chi connectivity index (χ4n) is 5.69. The lowest BCUT2D eigenvalue weighted by atomic mass is 9.76. The third-order valence-electron chi connectivity index (χ3n) is 7.15. The molecule has 2 saturated heterocycles. The Bertz CT molecular complexity index is 1220. The van der Waals surface area contributed by atoms with Crippen LogP contribution in [0.5, 0.6) is 0 Å². The number of carbonyl (C=O) groups is 4. The number of carboxylic acids is 1. The van der Waals surface area contributed by atoms with Gasteiger partial charge in [0.15, 0.2) is 0 Å². The Morgan fingerprint density at radius 3 is 2.59 bits per heavy atom. The monoisotopic (exact) mass is 481 g/mol. The molecular formula is C25H24ClN3O5. The zero-order chi connectivity index (χ0) is 24.2. The molecule has 3 heterocycles. The van der Waals surface area contributed by atoms with Gasteiger partial charge in [-0.05, 0) is 37.0 Å². The molecule has 3 aliphatic rings. The molecule has 4 atom stereocenters. The SMILES string of the molecule is Cc1cc(Cl)c2c(c1)[C@]1(N[C@H](CCC(=O)O)[C@H]3C(=O)N(CCc4ccccc4)C(=O)[C@H]31)C(=O)N2. The minimum absolute atomic E-state index is 0.117. The number of aryl methyl sites for hydroxylation is 1. The Balaban J connectivity index is 1.55. The number of likely N-dealkylation sites (tertiary alicyclic amines) is 1. The molecule has 3 aliphatic heterocycles. The zero-order valence-electron chi connectivity index (χ0n) is 18.5. The fourth-order valence-corrected chi connectivity index (χ4v) is 6.01. The molecule has 0 aromatic heterocycles.